The highest BCUT2D eigenvalue weighted by Crippen LogP contribution is 2.44. The maximum atomic E-state index is 14.1. The molecule has 0 aromatic heterocycles. The SMILES string of the molecule is COc1ccc(C2=NC(c3ccc(Cl)cc3)C(c3cccc(C)c3)N2C(=O)N2CCNC(=O)C2)cc1. The number of hydrogen-bond acceptors (Lipinski definition) is 4. The monoisotopic (exact) mass is 502 g/mol. The summed E-state index contributed by atoms with van der Waals surface area (Å²) in [6.07, 6.45) is 0. The van der Waals surface area contributed by atoms with Crippen LogP contribution in [0.4, 0.5) is 4.79 Å². The Bertz CT molecular complexity index is 1310. The van der Waals surface area contributed by atoms with Gasteiger partial charge in [-0.15, -0.1) is 0 Å². The molecule has 184 valence electrons. The van der Waals surface area contributed by atoms with Crippen LogP contribution in [0.1, 0.15) is 34.3 Å². The maximum Gasteiger partial charge on any atom is 0.326 e. The molecule has 2 aliphatic rings. The van der Waals surface area contributed by atoms with E-state index in [1.165, 1.54) is 0 Å². The van der Waals surface area contributed by atoms with Gasteiger partial charge in [-0.1, -0.05) is 53.6 Å². The fourth-order valence-corrected chi connectivity index (χ4v) is 4.88. The molecule has 2 atom stereocenters. The van der Waals surface area contributed by atoms with Gasteiger partial charge in [0.1, 0.15) is 24.2 Å². The lowest BCUT2D eigenvalue weighted by atomic mass is 9.93. The summed E-state index contributed by atoms with van der Waals surface area (Å²) >= 11 is 6.18. The van der Waals surface area contributed by atoms with E-state index in [2.05, 4.69) is 11.4 Å². The predicted molar refractivity (Wildman–Crippen MR) is 139 cm³/mol. The highest BCUT2D eigenvalue weighted by molar-refractivity contribution is 6.30. The largest absolute Gasteiger partial charge is 0.497 e. The molecule has 8 heteroatoms. The Hall–Kier alpha value is -3.84. The number of nitrogens with zero attached hydrogens (tertiary/aromatic N) is 3. The molecule has 2 heterocycles. The van der Waals surface area contributed by atoms with Crippen molar-refractivity contribution >= 4 is 29.4 Å². The van der Waals surface area contributed by atoms with Crippen LogP contribution in [0.15, 0.2) is 77.8 Å². The first kappa shape index (κ1) is 23.9. The summed E-state index contributed by atoms with van der Waals surface area (Å²) in [5.41, 5.74) is 3.80. The van der Waals surface area contributed by atoms with Crippen LogP contribution in [0.25, 0.3) is 0 Å². The predicted octanol–water partition coefficient (Wildman–Crippen LogP) is 4.75. The summed E-state index contributed by atoms with van der Waals surface area (Å²) in [5, 5.41) is 3.43. The fraction of sp³-hybridized carbons (Fsp3) is 0.250. The van der Waals surface area contributed by atoms with Crippen molar-refractivity contribution in [2.45, 2.75) is 19.0 Å². The lowest BCUT2D eigenvalue weighted by molar-refractivity contribution is -0.123. The van der Waals surface area contributed by atoms with E-state index >= 15 is 0 Å². The molecule has 1 fully saturated rings. The molecule has 0 saturated carbocycles. The van der Waals surface area contributed by atoms with Crippen LogP contribution in [0.2, 0.25) is 5.02 Å². The van der Waals surface area contributed by atoms with Crippen LogP contribution in [0, 0.1) is 6.92 Å². The number of carbonyl (C=O) groups is 2. The van der Waals surface area contributed by atoms with Crippen LogP contribution < -0.4 is 10.1 Å². The van der Waals surface area contributed by atoms with E-state index in [9.17, 15) is 9.59 Å². The van der Waals surface area contributed by atoms with Crippen molar-refractivity contribution in [2.75, 3.05) is 26.7 Å². The second kappa shape index (κ2) is 10.0. The van der Waals surface area contributed by atoms with Crippen LogP contribution in [-0.4, -0.2) is 54.3 Å². The van der Waals surface area contributed by atoms with Gasteiger partial charge in [-0.2, -0.15) is 0 Å². The minimum absolute atomic E-state index is 0.0113. The van der Waals surface area contributed by atoms with Gasteiger partial charge < -0.3 is 15.0 Å². The van der Waals surface area contributed by atoms with E-state index in [4.69, 9.17) is 21.3 Å². The van der Waals surface area contributed by atoms with Crippen molar-refractivity contribution in [3.05, 3.63) is 100 Å². The van der Waals surface area contributed by atoms with Gasteiger partial charge in [-0.05, 0) is 54.4 Å². The zero-order valence-corrected chi connectivity index (χ0v) is 20.9. The first-order valence-electron chi connectivity index (χ1n) is 11.8. The molecular weight excluding hydrogens is 476 g/mol. The van der Waals surface area contributed by atoms with E-state index in [0.29, 0.717) is 29.7 Å². The molecule has 0 spiro atoms. The van der Waals surface area contributed by atoms with Crippen molar-refractivity contribution in [1.29, 1.82) is 0 Å². The van der Waals surface area contributed by atoms with Gasteiger partial charge >= 0.3 is 6.03 Å². The van der Waals surface area contributed by atoms with Gasteiger partial charge in [-0.25, -0.2) is 4.79 Å². The maximum absolute atomic E-state index is 14.1. The molecular formula is C28H27ClN4O3. The third-order valence-corrected chi connectivity index (χ3v) is 6.78. The van der Waals surface area contributed by atoms with Gasteiger partial charge in [0.05, 0.1) is 13.2 Å². The Morgan fingerprint density at radius 3 is 2.47 bits per heavy atom. The third-order valence-electron chi connectivity index (χ3n) is 6.53. The number of urea groups is 1. The quantitative estimate of drug-likeness (QED) is 0.559. The normalized spacial score (nSPS) is 19.6. The highest BCUT2D eigenvalue weighted by atomic mass is 35.5. The number of nitrogens with one attached hydrogen (secondary N) is 1. The van der Waals surface area contributed by atoms with Gasteiger partial charge in [0, 0.05) is 23.7 Å². The number of carbonyl (C=O) groups excluding carboxylic acids is 2. The molecule has 36 heavy (non-hydrogen) atoms. The Kier molecular flexibility index (Phi) is 6.65. The molecule has 5 rings (SSSR count). The van der Waals surface area contributed by atoms with E-state index in [-0.39, 0.29) is 24.5 Å². The molecule has 3 amide bonds. The zero-order valence-electron chi connectivity index (χ0n) is 20.1. The first-order chi connectivity index (χ1) is 17.4. The summed E-state index contributed by atoms with van der Waals surface area (Å²) in [7, 11) is 1.61. The van der Waals surface area contributed by atoms with Gasteiger partial charge in [0.25, 0.3) is 0 Å². The molecule has 1 N–H and O–H groups in total. The second-order valence-corrected chi connectivity index (χ2v) is 9.40. The van der Waals surface area contributed by atoms with Crippen molar-refractivity contribution in [2.24, 2.45) is 4.99 Å². The second-order valence-electron chi connectivity index (χ2n) is 8.96. The van der Waals surface area contributed by atoms with Gasteiger partial charge in [0.15, 0.2) is 0 Å². The number of aryl methyl sites for hydroxylation is 1. The molecule has 0 bridgehead atoms. The topological polar surface area (TPSA) is 74.2 Å². The number of rotatable bonds is 4. The summed E-state index contributed by atoms with van der Waals surface area (Å²) in [6, 6.07) is 22.2. The minimum Gasteiger partial charge on any atom is -0.497 e. The van der Waals surface area contributed by atoms with Crippen LogP contribution >= 0.6 is 11.6 Å². The standard InChI is InChI=1S/C28H27ClN4O3/c1-18-4-3-5-21(16-18)26-25(19-6-10-22(29)11-7-19)31-27(20-8-12-23(36-2)13-9-20)33(26)28(35)32-15-14-30-24(34)17-32/h3-13,16,25-26H,14-15,17H2,1-2H3,(H,30,34). The first-order valence-corrected chi connectivity index (χ1v) is 12.2. The molecule has 3 aromatic carbocycles. The number of amidine groups is 1. The minimum atomic E-state index is -0.402. The molecule has 7 nitrogen and oxygen atoms in total. The molecule has 3 aromatic rings. The smallest absolute Gasteiger partial charge is 0.326 e. The average Bonchev–Trinajstić information content (AvgIpc) is 3.29. The number of aliphatic imine (C=N–C) groups is 1. The molecule has 2 aliphatic heterocycles. The molecule has 1 saturated heterocycles. The molecule has 0 radical (unpaired) electrons. The number of hydrogen-bond donors (Lipinski definition) is 1. The van der Waals surface area contributed by atoms with Crippen molar-refractivity contribution < 1.29 is 14.3 Å². The van der Waals surface area contributed by atoms with Crippen molar-refractivity contribution in [3.8, 4) is 5.75 Å². The van der Waals surface area contributed by atoms with Gasteiger partial charge in [-0.3, -0.25) is 14.7 Å². The van der Waals surface area contributed by atoms with Crippen LogP contribution in [0.3, 0.4) is 0 Å². The number of methoxy groups -OCH3 is 1. The van der Waals surface area contributed by atoms with E-state index < -0.39 is 6.04 Å². The van der Waals surface area contributed by atoms with Gasteiger partial charge in [0.2, 0.25) is 5.91 Å². The number of amides is 3. The Balaban J connectivity index is 1.66. The van der Waals surface area contributed by atoms with Crippen molar-refractivity contribution in [3.63, 3.8) is 0 Å². The number of halogens is 1. The lowest BCUT2D eigenvalue weighted by Gasteiger charge is -2.35. The third kappa shape index (κ3) is 4.66. The summed E-state index contributed by atoms with van der Waals surface area (Å²) < 4.78 is 5.33. The van der Waals surface area contributed by atoms with E-state index in [1.54, 1.807) is 16.9 Å². The Morgan fingerprint density at radius 2 is 1.81 bits per heavy atom. The molecule has 2 unspecified atom stereocenters. The fourth-order valence-electron chi connectivity index (χ4n) is 4.76. The Morgan fingerprint density at radius 1 is 1.06 bits per heavy atom. The average molecular weight is 503 g/mol. The van der Waals surface area contributed by atoms with E-state index in [0.717, 1.165) is 22.3 Å². The zero-order chi connectivity index (χ0) is 25.2. The van der Waals surface area contributed by atoms with Crippen LogP contribution in [-0.2, 0) is 4.79 Å². The lowest BCUT2D eigenvalue weighted by Crippen LogP contribution is -2.55. The Labute approximate surface area is 215 Å². The summed E-state index contributed by atoms with van der Waals surface area (Å²) in [6.45, 7) is 2.89. The van der Waals surface area contributed by atoms with Crippen LogP contribution in [0.5, 0.6) is 5.75 Å². The molecule has 0 aliphatic carbocycles. The summed E-state index contributed by atoms with van der Waals surface area (Å²) in [4.78, 5) is 34.7. The van der Waals surface area contributed by atoms with E-state index in [1.807, 2.05) is 73.7 Å². The summed E-state index contributed by atoms with van der Waals surface area (Å²) in [5.74, 6) is 1.10. The highest BCUT2D eigenvalue weighted by Gasteiger charge is 2.44. The number of ether oxygens (including phenoxy) is 1. The number of piperazine rings is 1. The number of benzene rings is 3. The van der Waals surface area contributed by atoms with Crippen molar-refractivity contribution in [1.82, 2.24) is 15.1 Å².